The van der Waals surface area contributed by atoms with Gasteiger partial charge in [-0.1, -0.05) is 25.1 Å². The van der Waals surface area contributed by atoms with E-state index in [9.17, 15) is 4.79 Å². The van der Waals surface area contributed by atoms with E-state index in [2.05, 4.69) is 12.2 Å². The van der Waals surface area contributed by atoms with Crippen LogP contribution in [0.3, 0.4) is 0 Å². The Labute approximate surface area is 114 Å². The van der Waals surface area contributed by atoms with Crippen molar-refractivity contribution < 1.29 is 9.53 Å². The first-order valence-electron chi connectivity index (χ1n) is 7.03. The van der Waals surface area contributed by atoms with E-state index in [1.54, 1.807) is 0 Å². The summed E-state index contributed by atoms with van der Waals surface area (Å²) in [6, 6.07) is 9.88. The minimum atomic E-state index is -0.0116. The molecule has 1 atom stereocenters. The molecule has 1 aromatic carbocycles. The van der Waals surface area contributed by atoms with E-state index in [1.165, 1.54) is 6.42 Å². The second-order valence-corrected chi connectivity index (χ2v) is 4.83. The van der Waals surface area contributed by atoms with E-state index >= 15 is 0 Å². The van der Waals surface area contributed by atoms with E-state index in [0.717, 1.165) is 31.6 Å². The number of para-hydroxylation sites is 1. The monoisotopic (exact) mass is 262 g/mol. The molecule has 0 spiro atoms. The minimum Gasteiger partial charge on any atom is -0.473 e. The van der Waals surface area contributed by atoms with Gasteiger partial charge in [-0.25, -0.2) is 4.79 Å². The number of urea groups is 1. The lowest BCUT2D eigenvalue weighted by Gasteiger charge is -2.35. The Morgan fingerprint density at radius 1 is 1.37 bits per heavy atom. The maximum Gasteiger partial charge on any atom is 0.320 e. The van der Waals surface area contributed by atoms with Gasteiger partial charge in [0.2, 0.25) is 0 Å². The summed E-state index contributed by atoms with van der Waals surface area (Å²) in [6.07, 6.45) is 4.46. The molecule has 1 aliphatic rings. The first kappa shape index (κ1) is 13.7. The number of benzene rings is 1. The van der Waals surface area contributed by atoms with Crippen LogP contribution in [0.4, 0.5) is 4.79 Å². The van der Waals surface area contributed by atoms with Crippen molar-refractivity contribution >= 4 is 6.03 Å². The highest BCUT2D eigenvalue weighted by atomic mass is 16.5. The smallest absolute Gasteiger partial charge is 0.320 e. The highest BCUT2D eigenvalue weighted by Crippen LogP contribution is 2.19. The first-order chi connectivity index (χ1) is 9.31. The number of nitrogens with one attached hydrogen (secondary N) is 1. The third-order valence-corrected chi connectivity index (χ3v) is 3.56. The number of nitrogens with zero attached hydrogens (tertiary/aromatic N) is 1. The van der Waals surface area contributed by atoms with Crippen LogP contribution in [0.2, 0.25) is 0 Å². The summed E-state index contributed by atoms with van der Waals surface area (Å²) in [6.45, 7) is 3.21. The largest absolute Gasteiger partial charge is 0.473 e. The summed E-state index contributed by atoms with van der Waals surface area (Å²) in [4.78, 5) is 14.0. The van der Waals surface area contributed by atoms with Crippen molar-refractivity contribution in [2.45, 2.75) is 38.6 Å². The average Bonchev–Trinajstić information content (AvgIpc) is 2.48. The van der Waals surface area contributed by atoms with Gasteiger partial charge in [-0.2, -0.15) is 0 Å². The van der Waals surface area contributed by atoms with Gasteiger partial charge in [0, 0.05) is 12.6 Å². The maximum atomic E-state index is 12.1. The number of carbonyl (C=O) groups is 1. The number of carbonyl (C=O) groups excluding carboxylic acids is 1. The molecule has 0 aliphatic carbocycles. The summed E-state index contributed by atoms with van der Waals surface area (Å²) in [5.41, 5.74) is 0. The molecule has 0 bridgehead atoms. The number of likely N-dealkylation sites (tertiary alicyclic amines) is 1. The van der Waals surface area contributed by atoms with Crippen LogP contribution in [0.25, 0.3) is 0 Å². The molecule has 19 heavy (non-hydrogen) atoms. The number of ether oxygens (including phenoxy) is 1. The van der Waals surface area contributed by atoms with Gasteiger partial charge < -0.3 is 15.0 Å². The topological polar surface area (TPSA) is 41.6 Å². The lowest BCUT2D eigenvalue weighted by molar-refractivity contribution is 0.141. The fourth-order valence-electron chi connectivity index (χ4n) is 2.49. The molecule has 2 rings (SSSR count). The van der Waals surface area contributed by atoms with Crippen LogP contribution in [0.5, 0.6) is 5.75 Å². The highest BCUT2D eigenvalue weighted by molar-refractivity contribution is 5.74. The standard InChI is InChI=1S/C15H22N2O2/c1-2-13-8-6-7-11-17(13)15(18)16-12-19-14-9-4-3-5-10-14/h3-5,9-10,13H,2,6-8,11-12H2,1H3,(H,16,18). The molecule has 2 amide bonds. The molecule has 1 unspecified atom stereocenters. The van der Waals surface area contributed by atoms with Crippen molar-refractivity contribution in [2.75, 3.05) is 13.3 Å². The van der Waals surface area contributed by atoms with Gasteiger partial charge in [-0.05, 0) is 37.8 Å². The van der Waals surface area contributed by atoms with Gasteiger partial charge in [0.25, 0.3) is 0 Å². The van der Waals surface area contributed by atoms with Gasteiger partial charge in [-0.15, -0.1) is 0 Å². The van der Waals surface area contributed by atoms with Crippen molar-refractivity contribution in [1.29, 1.82) is 0 Å². The predicted octanol–water partition coefficient (Wildman–Crippen LogP) is 3.00. The summed E-state index contributed by atoms with van der Waals surface area (Å²) >= 11 is 0. The molecule has 1 aliphatic heterocycles. The molecule has 0 aromatic heterocycles. The van der Waals surface area contributed by atoms with Crippen LogP contribution in [0, 0.1) is 0 Å². The van der Waals surface area contributed by atoms with Gasteiger partial charge in [0.1, 0.15) is 5.75 Å². The Morgan fingerprint density at radius 2 is 2.16 bits per heavy atom. The lowest BCUT2D eigenvalue weighted by atomic mass is 10.0. The normalized spacial score (nSPS) is 19.0. The zero-order valence-corrected chi connectivity index (χ0v) is 11.5. The van der Waals surface area contributed by atoms with Crippen LogP contribution in [-0.2, 0) is 0 Å². The fraction of sp³-hybridized carbons (Fsp3) is 0.533. The maximum absolute atomic E-state index is 12.1. The molecular formula is C15H22N2O2. The van der Waals surface area contributed by atoms with Crippen LogP contribution < -0.4 is 10.1 Å². The predicted molar refractivity (Wildman–Crippen MR) is 75.1 cm³/mol. The molecule has 1 heterocycles. The average molecular weight is 262 g/mol. The van der Waals surface area contributed by atoms with Crippen molar-refractivity contribution in [3.63, 3.8) is 0 Å². The number of rotatable bonds is 4. The molecular weight excluding hydrogens is 240 g/mol. The Bertz CT molecular complexity index is 394. The molecule has 104 valence electrons. The molecule has 0 saturated carbocycles. The first-order valence-corrected chi connectivity index (χ1v) is 7.03. The molecule has 4 nitrogen and oxygen atoms in total. The molecule has 4 heteroatoms. The Kier molecular flexibility index (Phi) is 5.07. The summed E-state index contributed by atoms with van der Waals surface area (Å²) in [5, 5.41) is 2.83. The molecule has 1 fully saturated rings. The zero-order chi connectivity index (χ0) is 13.5. The van der Waals surface area contributed by atoms with E-state index in [4.69, 9.17) is 4.74 Å². The van der Waals surface area contributed by atoms with Crippen LogP contribution in [0.15, 0.2) is 30.3 Å². The zero-order valence-electron chi connectivity index (χ0n) is 11.5. The number of hydrogen-bond acceptors (Lipinski definition) is 2. The van der Waals surface area contributed by atoms with Crippen molar-refractivity contribution in [3.8, 4) is 5.75 Å². The summed E-state index contributed by atoms with van der Waals surface area (Å²) in [5.74, 6) is 0.772. The van der Waals surface area contributed by atoms with E-state index in [-0.39, 0.29) is 12.8 Å². The van der Waals surface area contributed by atoms with Crippen molar-refractivity contribution in [2.24, 2.45) is 0 Å². The molecule has 1 N–H and O–H groups in total. The van der Waals surface area contributed by atoms with Crippen LogP contribution in [0.1, 0.15) is 32.6 Å². The van der Waals surface area contributed by atoms with Gasteiger partial charge >= 0.3 is 6.03 Å². The Hall–Kier alpha value is -1.71. The van der Waals surface area contributed by atoms with Gasteiger partial charge in [-0.3, -0.25) is 0 Å². The molecule has 0 radical (unpaired) electrons. The summed E-state index contributed by atoms with van der Waals surface area (Å²) in [7, 11) is 0. The summed E-state index contributed by atoms with van der Waals surface area (Å²) < 4.78 is 5.48. The number of piperidine rings is 1. The van der Waals surface area contributed by atoms with Crippen molar-refractivity contribution in [1.82, 2.24) is 10.2 Å². The van der Waals surface area contributed by atoms with E-state index in [0.29, 0.717) is 6.04 Å². The fourth-order valence-corrected chi connectivity index (χ4v) is 2.49. The minimum absolute atomic E-state index is 0.0116. The lowest BCUT2D eigenvalue weighted by Crippen LogP contribution is -2.49. The number of amides is 2. The Morgan fingerprint density at radius 3 is 2.89 bits per heavy atom. The van der Waals surface area contributed by atoms with Crippen LogP contribution >= 0.6 is 0 Å². The second kappa shape index (κ2) is 7.02. The third kappa shape index (κ3) is 3.88. The SMILES string of the molecule is CCC1CCCCN1C(=O)NCOc1ccccc1. The van der Waals surface area contributed by atoms with E-state index in [1.807, 2.05) is 35.2 Å². The Balaban J connectivity index is 1.77. The van der Waals surface area contributed by atoms with Gasteiger partial charge in [0.15, 0.2) is 6.73 Å². The van der Waals surface area contributed by atoms with E-state index < -0.39 is 0 Å². The molecule has 1 aromatic rings. The quantitative estimate of drug-likeness (QED) is 0.847. The van der Waals surface area contributed by atoms with Crippen molar-refractivity contribution in [3.05, 3.63) is 30.3 Å². The number of hydrogen-bond donors (Lipinski definition) is 1. The highest BCUT2D eigenvalue weighted by Gasteiger charge is 2.24. The third-order valence-electron chi connectivity index (χ3n) is 3.56. The van der Waals surface area contributed by atoms with Gasteiger partial charge in [0.05, 0.1) is 0 Å². The molecule has 1 saturated heterocycles. The second-order valence-electron chi connectivity index (χ2n) is 4.83. The van der Waals surface area contributed by atoms with Crippen LogP contribution in [-0.4, -0.2) is 30.2 Å².